The van der Waals surface area contributed by atoms with Crippen LogP contribution in [0.15, 0.2) is 4.99 Å². The largest absolute Gasteiger partial charge is 0.359 e. The van der Waals surface area contributed by atoms with Crippen molar-refractivity contribution >= 4 is 41.8 Å². The molecule has 0 heterocycles. The van der Waals surface area contributed by atoms with Crippen LogP contribution in [0.3, 0.4) is 0 Å². The van der Waals surface area contributed by atoms with E-state index in [9.17, 15) is 9.59 Å². The summed E-state index contributed by atoms with van der Waals surface area (Å²) >= 11 is 0. The lowest BCUT2D eigenvalue weighted by Crippen LogP contribution is -2.48. The second-order valence-electron chi connectivity index (χ2n) is 6.56. The highest BCUT2D eigenvalue weighted by atomic mass is 127. The smallest absolute Gasteiger partial charge is 0.243 e. The van der Waals surface area contributed by atoms with E-state index in [2.05, 4.69) is 20.9 Å². The molecule has 0 spiro atoms. The maximum Gasteiger partial charge on any atom is 0.243 e. The molecular weight excluding hydrogens is 421 g/mol. The number of rotatable bonds is 5. The summed E-state index contributed by atoms with van der Waals surface area (Å²) in [5, 5.41) is 9.37. The summed E-state index contributed by atoms with van der Waals surface area (Å²) < 4.78 is 0. The van der Waals surface area contributed by atoms with E-state index in [0.717, 1.165) is 25.7 Å². The molecular formula is C16H32IN5O2. The van der Waals surface area contributed by atoms with Gasteiger partial charge in [0.25, 0.3) is 0 Å². The molecule has 0 atom stereocenters. The minimum Gasteiger partial charge on any atom is -0.359 e. The van der Waals surface area contributed by atoms with Crippen molar-refractivity contribution in [1.29, 1.82) is 0 Å². The van der Waals surface area contributed by atoms with E-state index in [1.165, 1.54) is 4.90 Å². The highest BCUT2D eigenvalue weighted by Gasteiger charge is 2.26. The zero-order valence-electron chi connectivity index (χ0n) is 15.4. The quantitative estimate of drug-likeness (QED) is 0.329. The molecule has 0 aromatic rings. The van der Waals surface area contributed by atoms with Crippen LogP contribution in [0.4, 0.5) is 0 Å². The molecule has 7 nitrogen and oxygen atoms in total. The molecule has 1 aliphatic rings. The van der Waals surface area contributed by atoms with Gasteiger partial charge in [0.2, 0.25) is 11.8 Å². The van der Waals surface area contributed by atoms with Crippen LogP contribution in [0, 0.1) is 5.92 Å². The van der Waals surface area contributed by atoms with E-state index in [1.54, 1.807) is 21.1 Å². The normalized spacial score (nSPS) is 20.8. The molecule has 0 unspecified atom stereocenters. The molecule has 0 aliphatic heterocycles. The molecule has 0 aromatic carbocycles. The predicted octanol–water partition coefficient (Wildman–Crippen LogP) is 0.941. The van der Waals surface area contributed by atoms with Crippen molar-refractivity contribution in [3.63, 3.8) is 0 Å². The van der Waals surface area contributed by atoms with Gasteiger partial charge in [-0.1, -0.05) is 0 Å². The average molecular weight is 453 g/mol. The number of amides is 2. The Labute approximate surface area is 162 Å². The van der Waals surface area contributed by atoms with Crippen LogP contribution >= 0.6 is 24.0 Å². The van der Waals surface area contributed by atoms with Crippen molar-refractivity contribution < 1.29 is 9.59 Å². The maximum absolute atomic E-state index is 11.7. The molecule has 24 heavy (non-hydrogen) atoms. The van der Waals surface area contributed by atoms with E-state index in [-0.39, 0.29) is 60.3 Å². The van der Waals surface area contributed by atoms with Gasteiger partial charge in [0.15, 0.2) is 5.96 Å². The van der Waals surface area contributed by atoms with Crippen LogP contribution in [0.2, 0.25) is 0 Å². The number of guanidine groups is 1. The zero-order valence-corrected chi connectivity index (χ0v) is 17.7. The molecule has 0 saturated heterocycles. The van der Waals surface area contributed by atoms with Crippen molar-refractivity contribution in [1.82, 2.24) is 20.9 Å². The molecule has 0 radical (unpaired) electrons. The second-order valence-corrected chi connectivity index (χ2v) is 6.56. The van der Waals surface area contributed by atoms with Crippen molar-refractivity contribution in [3.8, 4) is 0 Å². The molecule has 140 valence electrons. The van der Waals surface area contributed by atoms with Crippen molar-refractivity contribution in [2.24, 2.45) is 10.9 Å². The number of halogens is 1. The minimum absolute atomic E-state index is 0. The maximum atomic E-state index is 11.7. The number of aliphatic imine (C=N–C) groups is 1. The minimum atomic E-state index is -0.0295. The van der Waals surface area contributed by atoms with Gasteiger partial charge >= 0.3 is 0 Å². The monoisotopic (exact) mass is 453 g/mol. The lowest BCUT2D eigenvalue weighted by atomic mass is 9.85. The van der Waals surface area contributed by atoms with Gasteiger partial charge in [-0.25, -0.2) is 4.99 Å². The first kappa shape index (κ1) is 22.9. The van der Waals surface area contributed by atoms with Gasteiger partial charge in [0, 0.05) is 39.1 Å². The van der Waals surface area contributed by atoms with E-state index >= 15 is 0 Å². The topological polar surface area (TPSA) is 85.8 Å². The molecule has 1 rings (SSSR count). The summed E-state index contributed by atoms with van der Waals surface area (Å²) in [6.45, 7) is 4.20. The fraction of sp³-hybridized carbons (Fsp3) is 0.812. The number of nitrogens with one attached hydrogen (secondary N) is 3. The van der Waals surface area contributed by atoms with Crippen LogP contribution in [0.25, 0.3) is 0 Å². The average Bonchev–Trinajstić information content (AvgIpc) is 2.51. The van der Waals surface area contributed by atoms with Gasteiger partial charge in [-0.15, -0.1) is 24.0 Å². The lowest BCUT2D eigenvalue weighted by Gasteiger charge is -2.29. The fourth-order valence-corrected chi connectivity index (χ4v) is 2.59. The molecule has 2 amide bonds. The third-order valence-electron chi connectivity index (χ3n) is 3.98. The summed E-state index contributed by atoms with van der Waals surface area (Å²) in [6, 6.07) is 0.522. The zero-order chi connectivity index (χ0) is 17.4. The number of nitrogens with zero attached hydrogens (tertiary/aromatic N) is 2. The summed E-state index contributed by atoms with van der Waals surface area (Å²) in [4.78, 5) is 29.3. The highest BCUT2D eigenvalue weighted by Crippen LogP contribution is 2.24. The Morgan fingerprint density at radius 3 is 2.21 bits per heavy atom. The molecule has 0 bridgehead atoms. The van der Waals surface area contributed by atoms with E-state index < -0.39 is 0 Å². The van der Waals surface area contributed by atoms with Crippen molar-refractivity contribution in [2.45, 2.75) is 51.6 Å². The molecule has 1 aliphatic carbocycles. The van der Waals surface area contributed by atoms with Crippen LogP contribution in [0.1, 0.15) is 39.5 Å². The Morgan fingerprint density at radius 1 is 1.17 bits per heavy atom. The Bertz CT molecular complexity index is 432. The Morgan fingerprint density at radius 2 is 1.75 bits per heavy atom. The van der Waals surface area contributed by atoms with Gasteiger partial charge in [-0.05, 0) is 39.5 Å². The van der Waals surface area contributed by atoms with Gasteiger partial charge in [0.1, 0.15) is 6.54 Å². The predicted molar refractivity (Wildman–Crippen MR) is 108 cm³/mol. The third-order valence-corrected chi connectivity index (χ3v) is 3.98. The van der Waals surface area contributed by atoms with Gasteiger partial charge in [0.05, 0.1) is 0 Å². The van der Waals surface area contributed by atoms with Crippen LogP contribution < -0.4 is 16.0 Å². The molecule has 1 saturated carbocycles. The van der Waals surface area contributed by atoms with Crippen LogP contribution in [0.5, 0.6) is 0 Å². The number of carbonyl (C=O) groups excluding carboxylic acids is 2. The second kappa shape index (κ2) is 11.5. The molecule has 1 fully saturated rings. The first-order valence-corrected chi connectivity index (χ1v) is 8.32. The van der Waals surface area contributed by atoms with Gasteiger partial charge < -0.3 is 20.9 Å². The first-order chi connectivity index (χ1) is 10.8. The van der Waals surface area contributed by atoms with E-state index in [0.29, 0.717) is 5.96 Å². The van der Waals surface area contributed by atoms with Gasteiger partial charge in [-0.2, -0.15) is 0 Å². The van der Waals surface area contributed by atoms with E-state index in [4.69, 9.17) is 0 Å². The SMILES string of the molecule is CNC(=O)C1CCC(NC(=NCC(=O)N(C)C)NC(C)C)CC1.I. The van der Waals surface area contributed by atoms with Crippen molar-refractivity contribution in [3.05, 3.63) is 0 Å². The standard InChI is InChI=1S/C16H31N5O2.HI/c1-11(2)19-16(18-10-14(22)21(4)5)20-13-8-6-12(7-9-13)15(23)17-3;/h11-13H,6-10H2,1-5H3,(H,17,23)(H2,18,19,20);1H. The first-order valence-electron chi connectivity index (χ1n) is 8.32. The summed E-state index contributed by atoms with van der Waals surface area (Å²) in [6.07, 6.45) is 3.61. The summed E-state index contributed by atoms with van der Waals surface area (Å²) in [5.74, 6) is 0.887. The van der Waals surface area contributed by atoms with E-state index in [1.807, 2.05) is 13.8 Å². The summed E-state index contributed by atoms with van der Waals surface area (Å²) in [5.41, 5.74) is 0. The molecule has 3 N–H and O–H groups in total. The van der Waals surface area contributed by atoms with Crippen LogP contribution in [-0.4, -0.2) is 62.4 Å². The molecule has 8 heteroatoms. The number of carbonyl (C=O) groups is 2. The highest BCUT2D eigenvalue weighted by molar-refractivity contribution is 14.0. The Kier molecular flexibility index (Phi) is 11.0. The van der Waals surface area contributed by atoms with Crippen molar-refractivity contribution in [2.75, 3.05) is 27.7 Å². The van der Waals surface area contributed by atoms with Gasteiger partial charge in [-0.3, -0.25) is 9.59 Å². The fourth-order valence-electron chi connectivity index (χ4n) is 2.59. The lowest BCUT2D eigenvalue weighted by molar-refractivity contribution is -0.127. The Balaban J connectivity index is 0.00000529. The number of hydrogen-bond acceptors (Lipinski definition) is 3. The Hall–Kier alpha value is -1.06. The number of likely N-dealkylation sites (N-methyl/N-ethyl adjacent to an activating group) is 1. The third kappa shape index (κ3) is 8.16. The van der Waals surface area contributed by atoms with Crippen LogP contribution in [-0.2, 0) is 9.59 Å². The molecule has 0 aromatic heterocycles. The summed E-state index contributed by atoms with van der Waals surface area (Å²) in [7, 11) is 5.13. The number of hydrogen-bond donors (Lipinski definition) is 3.